The zero-order valence-corrected chi connectivity index (χ0v) is 15.8. The Hall–Kier alpha value is -3.18. The number of nitrogens with zero attached hydrogens (tertiary/aromatic N) is 5. The van der Waals surface area contributed by atoms with Crippen LogP contribution in [0.25, 0.3) is 5.65 Å². The van der Waals surface area contributed by atoms with Gasteiger partial charge in [0.2, 0.25) is 5.88 Å². The minimum atomic E-state index is -0.968. The van der Waals surface area contributed by atoms with Gasteiger partial charge < -0.3 is 20.5 Å². The van der Waals surface area contributed by atoms with Crippen LogP contribution in [-0.4, -0.2) is 49.2 Å². The molecule has 2 atom stereocenters. The number of hydrogen-bond donors (Lipinski definition) is 4. The monoisotopic (exact) mass is 386 g/mol. The minimum absolute atomic E-state index is 0.0411. The van der Waals surface area contributed by atoms with E-state index in [0.717, 1.165) is 0 Å². The molecular weight excluding hydrogens is 364 g/mol. The first kappa shape index (κ1) is 18.2. The van der Waals surface area contributed by atoms with Crippen LogP contribution in [0.15, 0.2) is 23.1 Å². The van der Waals surface area contributed by atoms with Crippen molar-refractivity contribution in [2.45, 2.75) is 25.6 Å². The highest BCUT2D eigenvalue weighted by molar-refractivity contribution is 5.72. The normalized spacial score (nSPS) is 19.7. The number of aliphatic hydroxyl groups excluding tert-OH is 1. The zero-order chi connectivity index (χ0) is 19.8. The summed E-state index contributed by atoms with van der Waals surface area (Å²) in [6.07, 6.45) is 1.23. The Labute approximate surface area is 160 Å². The zero-order valence-electron chi connectivity index (χ0n) is 15.8. The van der Waals surface area contributed by atoms with Gasteiger partial charge in [-0.3, -0.25) is 10.1 Å². The Morgan fingerprint density at radius 2 is 2.18 bits per heavy atom. The Morgan fingerprint density at radius 3 is 2.96 bits per heavy atom. The van der Waals surface area contributed by atoms with Crippen molar-refractivity contribution in [3.8, 4) is 5.88 Å². The van der Waals surface area contributed by atoms with Crippen LogP contribution in [0, 0.1) is 0 Å². The summed E-state index contributed by atoms with van der Waals surface area (Å²) < 4.78 is 8.46. The number of aryl methyl sites for hydroxylation is 1. The van der Waals surface area contributed by atoms with E-state index in [1.165, 1.54) is 4.68 Å². The van der Waals surface area contributed by atoms with Gasteiger partial charge in [0.05, 0.1) is 18.5 Å². The van der Waals surface area contributed by atoms with Gasteiger partial charge >= 0.3 is 0 Å². The molecule has 4 bridgehead atoms. The van der Waals surface area contributed by atoms with E-state index in [1.807, 2.05) is 6.92 Å². The molecule has 0 aliphatic carbocycles. The van der Waals surface area contributed by atoms with Crippen molar-refractivity contribution in [3.05, 3.63) is 34.4 Å². The van der Waals surface area contributed by atoms with Crippen LogP contribution in [0.1, 0.15) is 25.3 Å². The predicted molar refractivity (Wildman–Crippen MR) is 103 cm³/mol. The van der Waals surface area contributed by atoms with Gasteiger partial charge in [0.25, 0.3) is 5.56 Å². The Bertz CT molecular complexity index is 1080. The highest BCUT2D eigenvalue weighted by Crippen LogP contribution is 2.24. The maximum absolute atomic E-state index is 12.5. The summed E-state index contributed by atoms with van der Waals surface area (Å²) in [7, 11) is 3.33. The number of nitrogens with one attached hydrogen (secondary N) is 3. The lowest BCUT2D eigenvalue weighted by Crippen LogP contribution is -2.33. The summed E-state index contributed by atoms with van der Waals surface area (Å²) >= 11 is 0. The average molecular weight is 386 g/mol. The van der Waals surface area contributed by atoms with Crippen molar-refractivity contribution in [2.24, 2.45) is 7.05 Å². The number of hydrogen-bond acceptors (Lipinski definition) is 9. The molecule has 0 fully saturated rings. The molecule has 0 aromatic carbocycles. The molecule has 0 amide bonds. The first-order valence-electron chi connectivity index (χ1n) is 8.95. The van der Waals surface area contributed by atoms with Crippen molar-refractivity contribution >= 4 is 22.8 Å². The predicted octanol–water partition coefficient (Wildman–Crippen LogP) is 0.360. The molecule has 1 aliphatic heterocycles. The molecule has 3 aromatic heterocycles. The number of fused-ring (bicyclic) bond motifs is 3. The molecule has 3 aromatic rings. The molecule has 0 radical (unpaired) electrons. The number of aliphatic hydroxyl groups is 1. The molecular formula is C17H22N8O3. The van der Waals surface area contributed by atoms with Gasteiger partial charge in [0, 0.05) is 32.3 Å². The molecule has 1 aliphatic rings. The molecule has 1 unspecified atom stereocenters. The molecule has 11 nitrogen and oxygen atoms in total. The van der Waals surface area contributed by atoms with Crippen LogP contribution in [0.3, 0.4) is 0 Å². The van der Waals surface area contributed by atoms with E-state index in [9.17, 15) is 9.90 Å². The number of imidazole rings is 1. The van der Waals surface area contributed by atoms with Gasteiger partial charge in [0.15, 0.2) is 11.5 Å². The van der Waals surface area contributed by atoms with E-state index in [-0.39, 0.29) is 17.3 Å². The number of anilines is 3. The van der Waals surface area contributed by atoms with Crippen LogP contribution < -0.4 is 26.2 Å². The van der Waals surface area contributed by atoms with Crippen LogP contribution in [0.4, 0.5) is 17.2 Å². The Balaban J connectivity index is 1.90. The Morgan fingerprint density at radius 1 is 1.36 bits per heavy atom. The Kier molecular flexibility index (Phi) is 4.61. The lowest BCUT2D eigenvalue weighted by atomic mass is 10.2. The lowest BCUT2D eigenvalue weighted by molar-refractivity contribution is 0.114. The standard InChI is InChI=1S/C17H22N8O3/c1-9-4-5-28-14-7-11(17(27)24(3)23-14)21-13-6-10(18-2)15-19-8-12(16(26)20-9)25(15)22-13/h6-9,16,18,20,26H,4-5H2,1-3H3,(H,21,22)/t9-,16?/m1/s1. The van der Waals surface area contributed by atoms with Crippen LogP contribution in [0.2, 0.25) is 0 Å². The molecule has 28 heavy (non-hydrogen) atoms. The highest BCUT2D eigenvalue weighted by atomic mass is 16.5. The molecule has 148 valence electrons. The van der Waals surface area contributed by atoms with Gasteiger partial charge in [-0.2, -0.15) is 0 Å². The van der Waals surface area contributed by atoms with Crippen LogP contribution in [-0.2, 0) is 7.05 Å². The fourth-order valence-corrected chi connectivity index (χ4v) is 3.08. The first-order valence-corrected chi connectivity index (χ1v) is 8.95. The van der Waals surface area contributed by atoms with Crippen molar-refractivity contribution < 1.29 is 9.84 Å². The molecule has 4 N–H and O–H groups in total. The average Bonchev–Trinajstić information content (AvgIpc) is 3.08. The van der Waals surface area contributed by atoms with Gasteiger partial charge in [-0.25, -0.2) is 14.2 Å². The molecule has 4 heterocycles. The van der Waals surface area contributed by atoms with Crippen LogP contribution in [0.5, 0.6) is 5.88 Å². The fraction of sp³-hybridized carbons (Fsp3) is 0.412. The first-order chi connectivity index (χ1) is 13.5. The van der Waals surface area contributed by atoms with Crippen molar-refractivity contribution in [1.29, 1.82) is 0 Å². The van der Waals surface area contributed by atoms with Gasteiger partial charge in [0.1, 0.15) is 17.6 Å². The highest BCUT2D eigenvalue weighted by Gasteiger charge is 2.20. The molecule has 4 rings (SSSR count). The van der Waals surface area contributed by atoms with E-state index < -0.39 is 6.23 Å². The van der Waals surface area contributed by atoms with Crippen molar-refractivity contribution in [3.63, 3.8) is 0 Å². The summed E-state index contributed by atoms with van der Waals surface area (Å²) in [6, 6.07) is 3.25. The van der Waals surface area contributed by atoms with Gasteiger partial charge in [-0.1, -0.05) is 0 Å². The summed E-state index contributed by atoms with van der Waals surface area (Å²) in [5, 5.41) is 28.5. The SMILES string of the molecule is CNc1cc2nn3c(cnc13)C(O)N[C@H](C)CCOc1cc(c(=O)n(C)n1)N2. The fourth-order valence-electron chi connectivity index (χ4n) is 3.08. The molecule has 0 spiro atoms. The van der Waals surface area contributed by atoms with E-state index in [1.54, 1.807) is 36.9 Å². The molecule has 11 heteroatoms. The molecule has 0 saturated carbocycles. The summed E-state index contributed by atoms with van der Waals surface area (Å²) in [4.78, 5) is 16.8. The number of rotatable bonds is 1. The number of ether oxygens (including phenoxy) is 1. The smallest absolute Gasteiger partial charge is 0.290 e. The van der Waals surface area contributed by atoms with Gasteiger partial charge in [-0.15, -0.1) is 10.2 Å². The third-order valence-electron chi connectivity index (χ3n) is 4.59. The summed E-state index contributed by atoms with van der Waals surface area (Å²) in [6.45, 7) is 2.32. The van der Waals surface area contributed by atoms with E-state index in [4.69, 9.17) is 4.74 Å². The van der Waals surface area contributed by atoms with Gasteiger partial charge in [-0.05, 0) is 13.3 Å². The topological polar surface area (TPSA) is 131 Å². The van der Waals surface area contributed by atoms with E-state index in [2.05, 4.69) is 31.1 Å². The third kappa shape index (κ3) is 3.25. The second-order valence-corrected chi connectivity index (χ2v) is 6.67. The number of aromatic nitrogens is 5. The van der Waals surface area contributed by atoms with Crippen molar-refractivity contribution in [2.75, 3.05) is 24.3 Å². The maximum Gasteiger partial charge on any atom is 0.290 e. The quantitative estimate of drug-likeness (QED) is 0.468. The third-order valence-corrected chi connectivity index (χ3v) is 4.59. The van der Waals surface area contributed by atoms with Crippen LogP contribution >= 0.6 is 0 Å². The van der Waals surface area contributed by atoms with E-state index in [0.29, 0.717) is 41.8 Å². The lowest BCUT2D eigenvalue weighted by Gasteiger charge is -2.20. The largest absolute Gasteiger partial charge is 0.477 e. The maximum atomic E-state index is 12.5. The summed E-state index contributed by atoms with van der Waals surface area (Å²) in [5.74, 6) is 0.732. The second kappa shape index (κ2) is 7.09. The van der Waals surface area contributed by atoms with Crippen molar-refractivity contribution in [1.82, 2.24) is 29.7 Å². The summed E-state index contributed by atoms with van der Waals surface area (Å²) in [5.41, 5.74) is 1.72. The minimum Gasteiger partial charge on any atom is -0.477 e. The second-order valence-electron chi connectivity index (χ2n) is 6.67. The molecule has 0 saturated heterocycles. The van der Waals surface area contributed by atoms with E-state index >= 15 is 0 Å².